The Hall–Kier alpha value is -0.990. The Balaban J connectivity index is 1.28. The fourth-order valence-corrected chi connectivity index (χ4v) is 12.8. The first kappa shape index (κ1) is 31.0. The van der Waals surface area contributed by atoms with E-state index < -0.39 is 36.0 Å². The summed E-state index contributed by atoms with van der Waals surface area (Å²) in [6.45, 7) is 18.7. The van der Waals surface area contributed by atoms with Crippen LogP contribution in [0.4, 0.5) is 0 Å². The van der Waals surface area contributed by atoms with Crippen molar-refractivity contribution in [2.75, 3.05) is 6.61 Å². The van der Waals surface area contributed by atoms with Crippen LogP contribution in [-0.2, 0) is 14.3 Å². The van der Waals surface area contributed by atoms with Crippen LogP contribution >= 0.6 is 0 Å². The van der Waals surface area contributed by atoms with Crippen LogP contribution in [0.2, 0.25) is 0 Å². The van der Waals surface area contributed by atoms with E-state index in [1.54, 1.807) is 0 Å². The second kappa shape index (κ2) is 10.0. The zero-order chi connectivity index (χ0) is 30.6. The molecule has 0 aromatic carbocycles. The molecule has 0 radical (unpaired) electrons. The smallest absolute Gasteiger partial charge is 0.309 e. The number of hydrogen-bond donors (Lipinski definition) is 4. The van der Waals surface area contributed by atoms with E-state index in [1.807, 2.05) is 0 Å². The third-order valence-corrected chi connectivity index (χ3v) is 15.2. The second-order valence-electron chi connectivity index (χ2n) is 16.9. The highest BCUT2D eigenvalue weighted by atomic mass is 16.7. The van der Waals surface area contributed by atoms with E-state index in [-0.39, 0.29) is 40.3 Å². The number of carbonyl (C=O) groups is 1. The lowest BCUT2D eigenvalue weighted by Gasteiger charge is -2.73. The first-order chi connectivity index (χ1) is 19.5. The van der Waals surface area contributed by atoms with Gasteiger partial charge in [0, 0.05) is 0 Å². The highest BCUT2D eigenvalue weighted by Crippen LogP contribution is 2.77. The number of aliphatic hydroxyl groups excluding tert-OH is 3. The van der Waals surface area contributed by atoms with Crippen molar-refractivity contribution in [2.45, 2.75) is 136 Å². The minimum absolute atomic E-state index is 0.0479. The summed E-state index contributed by atoms with van der Waals surface area (Å²) in [5.74, 6) is 1.32. The lowest BCUT2D eigenvalue weighted by Crippen LogP contribution is -2.67. The monoisotopic (exact) mass is 588 g/mol. The van der Waals surface area contributed by atoms with Crippen LogP contribution in [0.15, 0.2) is 12.2 Å². The zero-order valence-electron chi connectivity index (χ0n) is 26.8. The van der Waals surface area contributed by atoms with Gasteiger partial charge in [0.2, 0.25) is 0 Å². The van der Waals surface area contributed by atoms with Crippen LogP contribution < -0.4 is 0 Å². The van der Waals surface area contributed by atoms with E-state index in [4.69, 9.17) is 9.47 Å². The molecule has 6 rings (SSSR count). The molecule has 42 heavy (non-hydrogen) atoms. The molecule has 4 N–H and O–H groups in total. The maximum Gasteiger partial charge on any atom is 0.309 e. The van der Waals surface area contributed by atoms with Crippen molar-refractivity contribution in [3.8, 4) is 0 Å². The van der Waals surface area contributed by atoms with Crippen molar-refractivity contribution in [1.29, 1.82) is 0 Å². The standard InChI is InChI=1S/C35H56O7/c1-19(2)20-10-15-35(30(39)40)17-16-33(6)21(26(20)35)8-9-24-32(5)13-12-25(31(3,4)23(32)11-14-34(24,33)7)42-29-28(38)27(37)22(36)18-41-29/h20-29,36-38H,1,8-18H2,2-7H3,(H,39,40)/t20-,21?,22+,23?,24?,25-,26?,27+,28-,29+,32-,33+,34+,35?/m0/s1. The van der Waals surface area contributed by atoms with E-state index in [2.05, 4.69) is 48.1 Å². The lowest BCUT2D eigenvalue weighted by molar-refractivity contribution is -0.311. The third-order valence-electron chi connectivity index (χ3n) is 15.2. The summed E-state index contributed by atoms with van der Waals surface area (Å²) in [5.41, 5.74) is 0.796. The molecular formula is C35H56O7. The highest BCUT2D eigenvalue weighted by molar-refractivity contribution is 5.76. The van der Waals surface area contributed by atoms with E-state index in [1.165, 1.54) is 5.57 Å². The summed E-state index contributed by atoms with van der Waals surface area (Å²) in [6.07, 6.45) is 5.23. The van der Waals surface area contributed by atoms with Crippen molar-refractivity contribution < 1.29 is 34.7 Å². The molecule has 0 aromatic heterocycles. The molecule has 1 saturated heterocycles. The van der Waals surface area contributed by atoms with Gasteiger partial charge in [-0.25, -0.2) is 0 Å². The number of carboxylic acid groups (broad SMARTS) is 1. The Morgan fingerprint density at radius 2 is 1.55 bits per heavy atom. The number of fused-ring (bicyclic) bond motifs is 7. The summed E-state index contributed by atoms with van der Waals surface area (Å²) in [7, 11) is 0. The molecule has 1 aliphatic heterocycles. The molecule has 7 heteroatoms. The van der Waals surface area contributed by atoms with Crippen LogP contribution in [0.3, 0.4) is 0 Å². The third kappa shape index (κ3) is 3.98. The molecule has 1 heterocycles. The van der Waals surface area contributed by atoms with Crippen LogP contribution in [-0.4, -0.2) is 63.7 Å². The van der Waals surface area contributed by atoms with E-state index in [0.29, 0.717) is 23.7 Å². The van der Waals surface area contributed by atoms with Gasteiger partial charge >= 0.3 is 5.97 Å². The van der Waals surface area contributed by atoms with Gasteiger partial charge in [0.05, 0.1) is 18.1 Å². The van der Waals surface area contributed by atoms with Crippen LogP contribution in [0.25, 0.3) is 0 Å². The molecule has 0 bridgehead atoms. The number of aliphatic hydroxyl groups is 3. The van der Waals surface area contributed by atoms with Gasteiger partial charge in [0.25, 0.3) is 0 Å². The minimum Gasteiger partial charge on any atom is -0.481 e. The maximum atomic E-state index is 12.9. The second-order valence-corrected chi connectivity index (χ2v) is 16.9. The Morgan fingerprint density at radius 3 is 2.21 bits per heavy atom. The molecule has 5 unspecified atom stereocenters. The average Bonchev–Trinajstić information content (AvgIpc) is 3.32. The van der Waals surface area contributed by atoms with Crippen molar-refractivity contribution in [1.82, 2.24) is 0 Å². The average molecular weight is 589 g/mol. The number of rotatable bonds is 4. The van der Waals surface area contributed by atoms with Gasteiger partial charge in [-0.05, 0) is 122 Å². The number of hydrogen-bond acceptors (Lipinski definition) is 6. The highest BCUT2D eigenvalue weighted by Gasteiger charge is 2.72. The Labute approximate surface area is 252 Å². The fourth-order valence-electron chi connectivity index (χ4n) is 12.8. The molecule has 238 valence electrons. The van der Waals surface area contributed by atoms with Gasteiger partial charge in [-0.15, -0.1) is 0 Å². The molecule has 6 aliphatic rings. The van der Waals surface area contributed by atoms with Gasteiger partial charge in [-0.1, -0.05) is 46.8 Å². The summed E-state index contributed by atoms with van der Waals surface area (Å²) < 4.78 is 12.1. The number of allylic oxidation sites excluding steroid dienone is 1. The normalized spacial score (nSPS) is 55.1. The van der Waals surface area contributed by atoms with Crippen LogP contribution in [0.1, 0.15) is 106 Å². The summed E-state index contributed by atoms with van der Waals surface area (Å²) in [4.78, 5) is 12.9. The Morgan fingerprint density at radius 1 is 0.833 bits per heavy atom. The van der Waals surface area contributed by atoms with Gasteiger partial charge in [-0.2, -0.15) is 0 Å². The van der Waals surface area contributed by atoms with Crippen molar-refractivity contribution in [3.63, 3.8) is 0 Å². The molecule has 0 aromatic rings. The van der Waals surface area contributed by atoms with Crippen LogP contribution in [0, 0.1) is 56.7 Å². The first-order valence-corrected chi connectivity index (χ1v) is 16.7. The Bertz CT molecular complexity index is 1100. The topological polar surface area (TPSA) is 116 Å². The number of aliphatic carboxylic acids is 1. The van der Waals surface area contributed by atoms with Gasteiger partial charge < -0.3 is 29.9 Å². The predicted octanol–water partition coefficient (Wildman–Crippen LogP) is 5.55. The molecule has 6 fully saturated rings. The molecule has 7 nitrogen and oxygen atoms in total. The molecule has 0 spiro atoms. The number of carboxylic acids is 1. The lowest BCUT2D eigenvalue weighted by atomic mass is 9.32. The largest absolute Gasteiger partial charge is 0.481 e. The fraction of sp³-hybridized carbons (Fsp3) is 0.914. The maximum absolute atomic E-state index is 12.9. The molecule has 0 amide bonds. The number of ether oxygens (including phenoxy) is 2. The van der Waals surface area contributed by atoms with E-state index in [9.17, 15) is 25.2 Å². The Kier molecular flexibility index (Phi) is 7.39. The van der Waals surface area contributed by atoms with Crippen molar-refractivity contribution in [2.24, 2.45) is 56.7 Å². The summed E-state index contributed by atoms with van der Waals surface area (Å²) in [6, 6.07) is 0. The predicted molar refractivity (Wildman–Crippen MR) is 159 cm³/mol. The molecular weight excluding hydrogens is 532 g/mol. The van der Waals surface area contributed by atoms with Crippen LogP contribution in [0.5, 0.6) is 0 Å². The first-order valence-electron chi connectivity index (χ1n) is 16.7. The molecule has 14 atom stereocenters. The zero-order valence-corrected chi connectivity index (χ0v) is 26.8. The summed E-state index contributed by atoms with van der Waals surface area (Å²) in [5, 5.41) is 41.3. The van der Waals surface area contributed by atoms with Gasteiger partial charge in [0.1, 0.15) is 18.3 Å². The van der Waals surface area contributed by atoms with Crippen molar-refractivity contribution in [3.05, 3.63) is 12.2 Å². The molecule has 5 saturated carbocycles. The summed E-state index contributed by atoms with van der Waals surface area (Å²) >= 11 is 0. The minimum atomic E-state index is -1.27. The van der Waals surface area contributed by atoms with Crippen molar-refractivity contribution >= 4 is 5.97 Å². The SMILES string of the molecule is C=C(C)[C@@H]1CCC2(C(=O)O)CC[C@]3(C)C(CCC4[C@@]5(C)CC[C@H](O[C@H]6OC[C@@H](O)[C@@H](O)[C@@H]6O)C(C)(C)C5CC[C@]43C)C12. The van der Waals surface area contributed by atoms with Gasteiger partial charge in [0.15, 0.2) is 6.29 Å². The molecule has 5 aliphatic carbocycles. The van der Waals surface area contributed by atoms with E-state index in [0.717, 1.165) is 64.2 Å². The van der Waals surface area contributed by atoms with E-state index >= 15 is 0 Å². The quantitative estimate of drug-likeness (QED) is 0.251. The van der Waals surface area contributed by atoms with Gasteiger partial charge in [-0.3, -0.25) is 4.79 Å².